The zero-order valence-electron chi connectivity index (χ0n) is 8.01. The van der Waals surface area contributed by atoms with Gasteiger partial charge in [-0.25, -0.2) is 0 Å². The van der Waals surface area contributed by atoms with Gasteiger partial charge in [0.15, 0.2) is 0 Å². The smallest absolute Gasteiger partial charge is 0.308 e. The molecule has 0 heterocycles. The zero-order valence-corrected chi connectivity index (χ0v) is 7.01. The first-order valence-corrected chi connectivity index (χ1v) is 4.33. The molecule has 0 aliphatic heterocycles. The molecule has 2 heteroatoms. The van der Waals surface area contributed by atoms with Gasteiger partial charge in [0.2, 0.25) is 0 Å². The van der Waals surface area contributed by atoms with E-state index in [0.717, 1.165) is 25.7 Å². The highest BCUT2D eigenvalue weighted by molar-refractivity contribution is 5.72. The van der Waals surface area contributed by atoms with Gasteiger partial charge in [0.05, 0.1) is 12.5 Å². The van der Waals surface area contributed by atoms with Gasteiger partial charge in [0.25, 0.3) is 0 Å². The van der Waals surface area contributed by atoms with Gasteiger partial charge in [-0.05, 0) is 19.8 Å². The van der Waals surface area contributed by atoms with Crippen LogP contribution in [-0.4, -0.2) is 12.6 Å². The summed E-state index contributed by atoms with van der Waals surface area (Å²) >= 11 is 0. The highest BCUT2D eigenvalue weighted by Gasteiger charge is 2.21. The molecule has 1 saturated carbocycles. The summed E-state index contributed by atoms with van der Waals surface area (Å²) in [5.41, 5.74) is 0. The molecule has 1 aliphatic rings. The maximum absolute atomic E-state index is 11.2. The number of rotatable bonds is 2. The normalized spacial score (nSPS) is 32.6. The molecule has 0 aromatic carbocycles. The van der Waals surface area contributed by atoms with Crippen LogP contribution in [0.4, 0.5) is 0 Å². The minimum absolute atomic E-state index is 0.0516. The molecule has 0 radical (unpaired) electrons. The van der Waals surface area contributed by atoms with Crippen LogP contribution in [0.3, 0.4) is 0 Å². The van der Waals surface area contributed by atoms with Crippen molar-refractivity contribution in [1.82, 2.24) is 0 Å². The van der Waals surface area contributed by atoms with E-state index in [1.165, 1.54) is 0 Å². The molecule has 1 rings (SSSR count). The Morgan fingerprint density at radius 1 is 1.64 bits per heavy atom. The molecule has 0 aromatic rings. The Kier molecular flexibility index (Phi) is 2.83. The predicted molar refractivity (Wildman–Crippen MR) is 43.2 cm³/mol. The number of esters is 1. The summed E-state index contributed by atoms with van der Waals surface area (Å²) in [5, 5.41) is 0. The van der Waals surface area contributed by atoms with Gasteiger partial charge < -0.3 is 4.74 Å². The molecule has 1 aliphatic carbocycles. The van der Waals surface area contributed by atoms with Crippen LogP contribution in [0.1, 0.15) is 40.4 Å². The molecule has 64 valence electrons. The van der Waals surface area contributed by atoms with Gasteiger partial charge in [-0.1, -0.05) is 19.2 Å². The van der Waals surface area contributed by atoms with Gasteiger partial charge in [-0.3, -0.25) is 4.79 Å². The van der Waals surface area contributed by atoms with E-state index in [9.17, 15) is 4.79 Å². The van der Waals surface area contributed by atoms with Crippen molar-refractivity contribution in [3.8, 4) is 0 Å². The number of carbonyl (C=O) groups excluding carboxylic acids is 1. The molecule has 0 amide bonds. The van der Waals surface area contributed by atoms with Crippen molar-refractivity contribution in [1.29, 1.82) is 0 Å². The molecule has 0 atom stereocenters. The summed E-state index contributed by atoms with van der Waals surface area (Å²) in [6.07, 6.45) is 3.43. The van der Waals surface area contributed by atoms with Crippen LogP contribution >= 0.6 is 0 Å². The quantitative estimate of drug-likeness (QED) is 0.574. The zero-order chi connectivity index (χ0) is 8.97. The fourth-order valence-electron chi connectivity index (χ4n) is 1.42. The largest absolute Gasteiger partial charge is 0.466 e. The van der Waals surface area contributed by atoms with E-state index < -0.39 is 0 Å². The number of hydrogen-bond acceptors (Lipinski definition) is 2. The van der Waals surface area contributed by atoms with Crippen LogP contribution in [0.2, 0.25) is 0 Å². The lowest BCUT2D eigenvalue weighted by molar-refractivity contribution is -0.149. The van der Waals surface area contributed by atoms with Crippen LogP contribution in [0.5, 0.6) is 0 Å². The molecular weight excluding hydrogens is 140 g/mol. The molecule has 0 N–H and O–H groups in total. The van der Waals surface area contributed by atoms with Crippen molar-refractivity contribution >= 4 is 5.97 Å². The van der Waals surface area contributed by atoms with Gasteiger partial charge >= 0.3 is 5.97 Å². The second-order valence-electron chi connectivity index (χ2n) is 2.89. The molecule has 0 bridgehead atoms. The highest BCUT2D eigenvalue weighted by Crippen LogP contribution is 2.24. The maximum atomic E-state index is 11.2. The van der Waals surface area contributed by atoms with E-state index in [0.29, 0.717) is 6.61 Å². The maximum Gasteiger partial charge on any atom is 0.308 e. The third-order valence-electron chi connectivity index (χ3n) is 2.06. The van der Waals surface area contributed by atoms with Crippen LogP contribution in [0.25, 0.3) is 0 Å². The van der Waals surface area contributed by atoms with E-state index in [2.05, 4.69) is 0 Å². The van der Waals surface area contributed by atoms with Crippen LogP contribution in [-0.2, 0) is 9.53 Å². The lowest BCUT2D eigenvalue weighted by atomic mass is 9.89. The Hall–Kier alpha value is -0.530. The molecular formula is C9H16O2. The average molecular weight is 157 g/mol. The Morgan fingerprint density at radius 2 is 2.27 bits per heavy atom. The Morgan fingerprint density at radius 3 is 2.82 bits per heavy atom. The molecule has 2 nitrogen and oxygen atoms in total. The first-order chi connectivity index (χ1) is 5.74. The fraction of sp³-hybridized carbons (Fsp3) is 0.889. The highest BCUT2D eigenvalue weighted by atomic mass is 16.5. The topological polar surface area (TPSA) is 26.3 Å². The third kappa shape index (κ3) is 2.52. The van der Waals surface area contributed by atoms with E-state index in [1.54, 1.807) is 0 Å². The van der Waals surface area contributed by atoms with Crippen LogP contribution in [0, 0.1) is 5.92 Å². The van der Waals surface area contributed by atoms with Crippen LogP contribution < -0.4 is 0 Å². The number of carbonyl (C=O) groups is 1. The van der Waals surface area contributed by atoms with Crippen molar-refractivity contribution in [3.05, 3.63) is 0 Å². The molecule has 0 aromatic heterocycles. The van der Waals surface area contributed by atoms with Crippen molar-refractivity contribution in [2.75, 3.05) is 6.61 Å². The van der Waals surface area contributed by atoms with Crippen molar-refractivity contribution in [3.63, 3.8) is 0 Å². The Balaban J connectivity index is 2.29. The molecule has 0 unspecified atom stereocenters. The number of ether oxygens (including phenoxy) is 1. The summed E-state index contributed by atoms with van der Waals surface area (Å²) in [5.74, 6) is 0.0101. The van der Waals surface area contributed by atoms with E-state index in [1.807, 2.05) is 6.92 Å². The number of hydrogen-bond donors (Lipinski definition) is 0. The summed E-state index contributed by atoms with van der Waals surface area (Å²) < 4.78 is 12.4. The minimum Gasteiger partial charge on any atom is -0.466 e. The third-order valence-corrected chi connectivity index (χ3v) is 2.06. The second-order valence-corrected chi connectivity index (χ2v) is 2.89. The average Bonchev–Trinajstić information content (AvgIpc) is 2.06. The van der Waals surface area contributed by atoms with Crippen molar-refractivity contribution in [2.24, 2.45) is 5.92 Å². The predicted octanol–water partition coefficient (Wildman–Crippen LogP) is 2.13. The first-order valence-electron chi connectivity index (χ1n) is 4.90. The standard InChI is InChI=1S/C9H16O2/c1-2-11-9(10)8-6-4-3-5-7-8/h8H,2-7H2,1H3/i3D. The van der Waals surface area contributed by atoms with E-state index >= 15 is 0 Å². The van der Waals surface area contributed by atoms with Gasteiger partial charge in [-0.15, -0.1) is 0 Å². The van der Waals surface area contributed by atoms with Gasteiger partial charge in [-0.2, -0.15) is 0 Å². The minimum atomic E-state index is -0.0654. The first kappa shape index (κ1) is 7.14. The Labute approximate surface area is 69.3 Å². The lowest BCUT2D eigenvalue weighted by Crippen LogP contribution is -2.20. The summed E-state index contributed by atoms with van der Waals surface area (Å²) in [6.45, 7) is 2.30. The fourth-order valence-corrected chi connectivity index (χ4v) is 1.42. The van der Waals surface area contributed by atoms with E-state index in [-0.39, 0.29) is 18.3 Å². The molecule has 1 fully saturated rings. The van der Waals surface area contributed by atoms with Gasteiger partial charge in [0.1, 0.15) is 0 Å². The summed E-state index contributed by atoms with van der Waals surface area (Å²) in [7, 11) is 0. The van der Waals surface area contributed by atoms with Crippen LogP contribution in [0.15, 0.2) is 0 Å². The second kappa shape index (κ2) is 4.37. The van der Waals surface area contributed by atoms with Gasteiger partial charge in [0, 0.05) is 1.37 Å². The summed E-state index contributed by atoms with van der Waals surface area (Å²) in [6, 6.07) is 0. The Bertz CT molecular complexity index is 151. The van der Waals surface area contributed by atoms with Crippen molar-refractivity contribution < 1.29 is 10.9 Å². The molecule has 0 saturated heterocycles. The lowest BCUT2D eigenvalue weighted by Gasteiger charge is -2.19. The molecule has 11 heavy (non-hydrogen) atoms. The monoisotopic (exact) mass is 157 g/mol. The SMILES string of the molecule is [2H]C1CCC(C(=O)OCC)CC1. The van der Waals surface area contributed by atoms with Crippen molar-refractivity contribution in [2.45, 2.75) is 39.0 Å². The molecule has 0 spiro atoms. The van der Waals surface area contributed by atoms with E-state index in [4.69, 9.17) is 6.11 Å². The summed E-state index contributed by atoms with van der Waals surface area (Å²) in [4.78, 5) is 11.2.